The summed E-state index contributed by atoms with van der Waals surface area (Å²) in [5, 5.41) is 0. The number of hydrogen-bond acceptors (Lipinski definition) is 2. The molecule has 0 aromatic heterocycles. The second-order valence-electron chi connectivity index (χ2n) is 5.04. The Bertz CT molecular complexity index is 402. The van der Waals surface area contributed by atoms with Crippen molar-refractivity contribution in [1.82, 2.24) is 0 Å². The molecule has 1 aromatic rings. The van der Waals surface area contributed by atoms with Crippen molar-refractivity contribution < 1.29 is 17.9 Å². The number of rotatable bonds is 3. The third kappa shape index (κ3) is 4.87. The van der Waals surface area contributed by atoms with E-state index in [-0.39, 0.29) is 24.2 Å². The topological polar surface area (TPSA) is 35.2 Å². The summed E-state index contributed by atoms with van der Waals surface area (Å²) in [6.07, 6.45) is 1.18. The van der Waals surface area contributed by atoms with Gasteiger partial charge in [0.1, 0.15) is 5.75 Å². The predicted octanol–water partition coefficient (Wildman–Crippen LogP) is 4.59. The lowest BCUT2D eigenvalue weighted by Gasteiger charge is -2.27. The first kappa shape index (κ1) is 17.1. The van der Waals surface area contributed by atoms with Crippen LogP contribution in [0.2, 0.25) is 0 Å². The fourth-order valence-electron chi connectivity index (χ4n) is 2.66. The van der Waals surface area contributed by atoms with Crippen molar-refractivity contribution in [3.63, 3.8) is 0 Å². The number of nitrogens with two attached hydrogens (primary N) is 1. The zero-order valence-electron chi connectivity index (χ0n) is 11.0. The van der Waals surface area contributed by atoms with Crippen LogP contribution < -0.4 is 10.5 Å². The van der Waals surface area contributed by atoms with Gasteiger partial charge in [0.15, 0.2) is 0 Å². The Labute approximate surface area is 122 Å². The van der Waals surface area contributed by atoms with E-state index in [0.29, 0.717) is 5.92 Å². The van der Waals surface area contributed by atoms with Crippen molar-refractivity contribution in [3.8, 4) is 5.75 Å². The van der Waals surface area contributed by atoms with Crippen LogP contribution in [0, 0.1) is 5.92 Å². The van der Waals surface area contributed by atoms with Gasteiger partial charge in [0.2, 0.25) is 0 Å². The third-order valence-electron chi connectivity index (χ3n) is 3.66. The lowest BCUT2D eigenvalue weighted by atomic mass is 9.81. The molecule has 0 amide bonds. The Balaban J connectivity index is 0.00000200. The first-order chi connectivity index (χ1) is 8.96. The molecule has 114 valence electrons. The molecule has 0 heterocycles. The van der Waals surface area contributed by atoms with Crippen molar-refractivity contribution in [2.45, 2.75) is 44.5 Å². The first-order valence-corrected chi connectivity index (χ1v) is 6.57. The SMILES string of the molecule is Cl.N[C@H](c1ccc(OC(F)(F)F)cc1)C1CCCCC1. The maximum Gasteiger partial charge on any atom is 0.573 e. The van der Waals surface area contributed by atoms with E-state index in [1.165, 1.54) is 31.4 Å². The average Bonchev–Trinajstić information content (AvgIpc) is 2.38. The molecule has 1 aliphatic rings. The van der Waals surface area contributed by atoms with Crippen molar-refractivity contribution in [1.29, 1.82) is 0 Å². The number of hydrogen-bond donors (Lipinski definition) is 1. The van der Waals surface area contributed by atoms with Gasteiger partial charge in [0.25, 0.3) is 0 Å². The van der Waals surface area contributed by atoms with Crippen LogP contribution in [0.4, 0.5) is 13.2 Å². The van der Waals surface area contributed by atoms with Crippen LogP contribution in [0.3, 0.4) is 0 Å². The van der Waals surface area contributed by atoms with Gasteiger partial charge in [0.05, 0.1) is 0 Å². The van der Waals surface area contributed by atoms with Crippen LogP contribution in [0.15, 0.2) is 24.3 Å². The Kier molecular flexibility index (Phi) is 6.14. The Hall–Kier alpha value is -0.940. The zero-order valence-corrected chi connectivity index (χ0v) is 11.8. The standard InChI is InChI=1S/C14H18F3NO.ClH/c15-14(16,17)19-12-8-6-11(7-9-12)13(18)10-4-2-1-3-5-10;/h6-10,13H,1-5,18H2;1H/t13-;/m0./s1. The molecule has 6 heteroatoms. The van der Waals surface area contributed by atoms with Gasteiger partial charge in [0, 0.05) is 6.04 Å². The van der Waals surface area contributed by atoms with E-state index in [4.69, 9.17) is 5.73 Å². The summed E-state index contributed by atoms with van der Waals surface area (Å²) in [5.41, 5.74) is 7.06. The highest BCUT2D eigenvalue weighted by atomic mass is 35.5. The molecule has 2 N–H and O–H groups in total. The van der Waals surface area contributed by atoms with Crippen LogP contribution in [0.1, 0.15) is 43.7 Å². The molecule has 2 rings (SSSR count). The first-order valence-electron chi connectivity index (χ1n) is 6.57. The average molecular weight is 310 g/mol. The highest BCUT2D eigenvalue weighted by Gasteiger charge is 2.31. The molecule has 1 aromatic carbocycles. The predicted molar refractivity (Wildman–Crippen MR) is 73.9 cm³/mol. The van der Waals surface area contributed by atoms with Crippen molar-refractivity contribution in [3.05, 3.63) is 29.8 Å². The number of alkyl halides is 3. The van der Waals surface area contributed by atoms with E-state index in [1.54, 1.807) is 12.1 Å². The van der Waals surface area contributed by atoms with Crippen LogP contribution >= 0.6 is 12.4 Å². The minimum absolute atomic E-state index is 0. The fourth-order valence-corrected chi connectivity index (χ4v) is 2.66. The summed E-state index contributed by atoms with van der Waals surface area (Å²) in [5.74, 6) is 0.232. The van der Waals surface area contributed by atoms with Gasteiger partial charge >= 0.3 is 6.36 Å². The summed E-state index contributed by atoms with van der Waals surface area (Å²) in [4.78, 5) is 0. The quantitative estimate of drug-likeness (QED) is 0.886. The molecule has 1 fully saturated rings. The number of halogens is 4. The van der Waals surface area contributed by atoms with E-state index in [1.807, 2.05) is 0 Å². The highest BCUT2D eigenvalue weighted by molar-refractivity contribution is 5.85. The molecule has 0 radical (unpaired) electrons. The number of ether oxygens (including phenoxy) is 1. The van der Waals surface area contributed by atoms with Crippen LogP contribution in [0.5, 0.6) is 5.75 Å². The zero-order chi connectivity index (χ0) is 13.9. The Morgan fingerprint density at radius 3 is 2.10 bits per heavy atom. The molecular weight excluding hydrogens is 291 g/mol. The van der Waals surface area contributed by atoms with E-state index in [9.17, 15) is 13.2 Å². The van der Waals surface area contributed by atoms with E-state index >= 15 is 0 Å². The molecule has 1 aliphatic carbocycles. The molecule has 1 saturated carbocycles. The third-order valence-corrected chi connectivity index (χ3v) is 3.66. The molecule has 20 heavy (non-hydrogen) atoms. The second kappa shape index (κ2) is 7.18. The van der Waals surface area contributed by atoms with Gasteiger partial charge in [-0.2, -0.15) is 0 Å². The van der Waals surface area contributed by atoms with Crippen LogP contribution in [0.25, 0.3) is 0 Å². The molecular formula is C14H19ClF3NO. The summed E-state index contributed by atoms with van der Waals surface area (Å²) >= 11 is 0. The Morgan fingerprint density at radius 1 is 1.05 bits per heavy atom. The van der Waals surface area contributed by atoms with Crippen LogP contribution in [-0.4, -0.2) is 6.36 Å². The lowest BCUT2D eigenvalue weighted by molar-refractivity contribution is -0.274. The summed E-state index contributed by atoms with van der Waals surface area (Å²) < 4.78 is 40.0. The maximum atomic E-state index is 12.0. The minimum Gasteiger partial charge on any atom is -0.406 e. The van der Waals surface area contributed by atoms with Gasteiger partial charge in [-0.1, -0.05) is 31.4 Å². The van der Waals surface area contributed by atoms with Gasteiger partial charge in [-0.25, -0.2) is 0 Å². The monoisotopic (exact) mass is 309 g/mol. The van der Waals surface area contributed by atoms with Crippen LogP contribution in [-0.2, 0) is 0 Å². The minimum atomic E-state index is -4.65. The smallest absolute Gasteiger partial charge is 0.406 e. The molecule has 1 atom stereocenters. The summed E-state index contributed by atoms with van der Waals surface area (Å²) in [7, 11) is 0. The lowest BCUT2D eigenvalue weighted by Crippen LogP contribution is -2.23. The highest BCUT2D eigenvalue weighted by Crippen LogP contribution is 2.33. The van der Waals surface area contributed by atoms with Gasteiger partial charge < -0.3 is 10.5 Å². The van der Waals surface area contributed by atoms with Gasteiger partial charge in [-0.3, -0.25) is 0 Å². The molecule has 0 saturated heterocycles. The van der Waals surface area contributed by atoms with Crippen molar-refractivity contribution in [2.24, 2.45) is 11.7 Å². The second-order valence-corrected chi connectivity index (χ2v) is 5.04. The van der Waals surface area contributed by atoms with E-state index in [2.05, 4.69) is 4.74 Å². The fraction of sp³-hybridized carbons (Fsp3) is 0.571. The van der Waals surface area contributed by atoms with Crippen molar-refractivity contribution >= 4 is 12.4 Å². The molecule has 0 bridgehead atoms. The number of benzene rings is 1. The van der Waals surface area contributed by atoms with Gasteiger partial charge in [-0.15, -0.1) is 25.6 Å². The molecule has 0 aliphatic heterocycles. The Morgan fingerprint density at radius 2 is 1.60 bits per heavy atom. The normalized spacial score (nSPS) is 18.2. The van der Waals surface area contributed by atoms with Gasteiger partial charge in [-0.05, 0) is 36.5 Å². The van der Waals surface area contributed by atoms with E-state index in [0.717, 1.165) is 18.4 Å². The summed E-state index contributed by atoms with van der Waals surface area (Å²) in [6, 6.07) is 5.80. The summed E-state index contributed by atoms with van der Waals surface area (Å²) in [6.45, 7) is 0. The van der Waals surface area contributed by atoms with E-state index < -0.39 is 6.36 Å². The largest absolute Gasteiger partial charge is 0.573 e. The van der Waals surface area contributed by atoms with Crippen molar-refractivity contribution in [2.75, 3.05) is 0 Å². The molecule has 0 unspecified atom stereocenters. The molecule has 2 nitrogen and oxygen atoms in total. The maximum absolute atomic E-state index is 12.0. The molecule has 0 spiro atoms.